The van der Waals surface area contributed by atoms with Gasteiger partial charge in [-0.1, -0.05) is 22.4 Å². The highest BCUT2D eigenvalue weighted by Crippen LogP contribution is 2.33. The highest BCUT2D eigenvalue weighted by molar-refractivity contribution is 9.10. The summed E-state index contributed by atoms with van der Waals surface area (Å²) in [5, 5.41) is 9.20. The molecule has 0 radical (unpaired) electrons. The van der Waals surface area contributed by atoms with Crippen molar-refractivity contribution in [3.8, 4) is 0 Å². The lowest BCUT2D eigenvalue weighted by Gasteiger charge is -2.28. The topological polar surface area (TPSA) is 40.5 Å². The van der Waals surface area contributed by atoms with Gasteiger partial charge in [-0.3, -0.25) is 4.79 Å². The number of aliphatic hydroxyl groups is 1. The van der Waals surface area contributed by atoms with Gasteiger partial charge in [0.15, 0.2) is 0 Å². The summed E-state index contributed by atoms with van der Waals surface area (Å²) in [6.07, 6.45) is 4.19. The van der Waals surface area contributed by atoms with Crippen LogP contribution >= 0.6 is 15.9 Å². The Kier molecular flexibility index (Phi) is 3.12. The summed E-state index contributed by atoms with van der Waals surface area (Å²) in [6, 6.07) is 0.301. The summed E-state index contributed by atoms with van der Waals surface area (Å²) in [5.74, 6) is 0.534. The van der Waals surface area contributed by atoms with E-state index in [4.69, 9.17) is 0 Å². The van der Waals surface area contributed by atoms with Crippen LogP contribution in [0.15, 0.2) is 0 Å². The fraction of sp³-hybridized carbons (Fsp3) is 0.900. The Hall–Kier alpha value is -0.0900. The van der Waals surface area contributed by atoms with Crippen LogP contribution in [0.1, 0.15) is 25.7 Å². The quantitative estimate of drug-likeness (QED) is 0.758. The van der Waals surface area contributed by atoms with Gasteiger partial charge in [0.05, 0.1) is 4.83 Å². The largest absolute Gasteiger partial charge is 0.396 e. The maximum absolute atomic E-state index is 11.8. The van der Waals surface area contributed by atoms with Crippen molar-refractivity contribution in [2.45, 2.75) is 36.6 Å². The van der Waals surface area contributed by atoms with E-state index in [0.717, 1.165) is 32.2 Å². The molecule has 1 heterocycles. The van der Waals surface area contributed by atoms with E-state index in [-0.39, 0.29) is 17.3 Å². The van der Waals surface area contributed by atoms with Crippen molar-refractivity contribution in [3.05, 3.63) is 0 Å². The lowest BCUT2D eigenvalue weighted by atomic mass is 10.0. The van der Waals surface area contributed by atoms with Crippen molar-refractivity contribution < 1.29 is 9.90 Å². The predicted octanol–water partition coefficient (Wildman–Crippen LogP) is 1.14. The standard InChI is InChI=1S/C10H16BrNO2/c11-8-4-5-12(10(8)14)9-3-1-2-7(9)6-13/h7-9,13H,1-6H2. The molecule has 0 aromatic carbocycles. The number of aliphatic hydroxyl groups excluding tert-OH is 1. The minimum absolute atomic E-state index is 0.0162. The fourth-order valence-corrected chi connectivity index (χ4v) is 3.10. The van der Waals surface area contributed by atoms with Crippen molar-refractivity contribution in [1.82, 2.24) is 4.90 Å². The van der Waals surface area contributed by atoms with Crippen molar-refractivity contribution in [2.24, 2.45) is 5.92 Å². The first kappa shape index (κ1) is 10.4. The number of nitrogens with zero attached hydrogens (tertiary/aromatic N) is 1. The second-order valence-electron chi connectivity index (χ2n) is 4.23. The van der Waals surface area contributed by atoms with Crippen LogP contribution in [0.2, 0.25) is 0 Å². The number of rotatable bonds is 2. The summed E-state index contributed by atoms with van der Waals surface area (Å²) in [7, 11) is 0. The van der Waals surface area contributed by atoms with Gasteiger partial charge in [0, 0.05) is 25.1 Å². The Morgan fingerprint density at radius 3 is 2.79 bits per heavy atom. The Labute approximate surface area is 92.6 Å². The van der Waals surface area contributed by atoms with Gasteiger partial charge in [-0.05, 0) is 19.3 Å². The molecular formula is C10H16BrNO2. The molecule has 1 N–H and O–H groups in total. The van der Waals surface area contributed by atoms with Crippen LogP contribution < -0.4 is 0 Å². The molecule has 1 saturated heterocycles. The third kappa shape index (κ3) is 1.70. The molecule has 3 atom stereocenters. The number of hydrogen-bond donors (Lipinski definition) is 1. The Morgan fingerprint density at radius 1 is 1.43 bits per heavy atom. The van der Waals surface area contributed by atoms with Crippen LogP contribution in [0.3, 0.4) is 0 Å². The van der Waals surface area contributed by atoms with Crippen LogP contribution in [0.5, 0.6) is 0 Å². The normalized spacial score (nSPS) is 38.3. The molecular weight excluding hydrogens is 246 g/mol. The highest BCUT2D eigenvalue weighted by atomic mass is 79.9. The molecule has 80 valence electrons. The summed E-state index contributed by atoms with van der Waals surface area (Å²) in [4.78, 5) is 13.7. The molecule has 0 spiro atoms. The van der Waals surface area contributed by atoms with Crippen molar-refractivity contribution in [2.75, 3.05) is 13.2 Å². The van der Waals surface area contributed by atoms with Gasteiger partial charge in [-0.15, -0.1) is 0 Å². The summed E-state index contributed by atoms with van der Waals surface area (Å²) in [5.41, 5.74) is 0. The first-order chi connectivity index (χ1) is 6.74. The van der Waals surface area contributed by atoms with Gasteiger partial charge in [-0.2, -0.15) is 0 Å². The van der Waals surface area contributed by atoms with E-state index in [0.29, 0.717) is 12.0 Å². The average molecular weight is 262 g/mol. The van der Waals surface area contributed by atoms with Gasteiger partial charge >= 0.3 is 0 Å². The second kappa shape index (κ2) is 4.19. The van der Waals surface area contributed by atoms with E-state index < -0.39 is 0 Å². The smallest absolute Gasteiger partial charge is 0.236 e. The number of halogens is 1. The molecule has 2 rings (SSSR count). The maximum Gasteiger partial charge on any atom is 0.236 e. The van der Waals surface area contributed by atoms with Gasteiger partial charge in [-0.25, -0.2) is 0 Å². The van der Waals surface area contributed by atoms with Crippen molar-refractivity contribution in [1.29, 1.82) is 0 Å². The van der Waals surface area contributed by atoms with Crippen LogP contribution in [-0.4, -0.2) is 39.9 Å². The Bertz CT molecular complexity index is 234. The zero-order valence-corrected chi connectivity index (χ0v) is 9.74. The van der Waals surface area contributed by atoms with Crippen LogP contribution in [0.25, 0.3) is 0 Å². The summed E-state index contributed by atoms with van der Waals surface area (Å²) >= 11 is 3.38. The second-order valence-corrected chi connectivity index (χ2v) is 5.33. The third-order valence-electron chi connectivity index (χ3n) is 3.43. The molecule has 0 aromatic rings. The molecule has 3 unspecified atom stereocenters. The van der Waals surface area contributed by atoms with Gasteiger partial charge < -0.3 is 10.0 Å². The fourth-order valence-electron chi connectivity index (χ4n) is 2.64. The van der Waals surface area contributed by atoms with E-state index in [9.17, 15) is 9.90 Å². The minimum atomic E-state index is 0.0162. The zero-order valence-electron chi connectivity index (χ0n) is 8.16. The van der Waals surface area contributed by atoms with E-state index in [2.05, 4.69) is 15.9 Å². The number of amides is 1. The Morgan fingerprint density at radius 2 is 2.21 bits per heavy atom. The molecule has 1 aliphatic carbocycles. The van der Waals surface area contributed by atoms with E-state index in [1.54, 1.807) is 0 Å². The molecule has 1 saturated carbocycles. The Balaban J connectivity index is 2.04. The van der Waals surface area contributed by atoms with Crippen molar-refractivity contribution >= 4 is 21.8 Å². The maximum atomic E-state index is 11.8. The molecule has 3 nitrogen and oxygen atoms in total. The number of hydrogen-bond acceptors (Lipinski definition) is 2. The van der Waals surface area contributed by atoms with E-state index >= 15 is 0 Å². The van der Waals surface area contributed by atoms with E-state index in [1.165, 1.54) is 0 Å². The molecule has 1 aliphatic heterocycles. The third-order valence-corrected chi connectivity index (χ3v) is 4.28. The molecule has 2 aliphatic rings. The van der Waals surface area contributed by atoms with Crippen molar-refractivity contribution in [3.63, 3.8) is 0 Å². The molecule has 0 aromatic heterocycles. The monoisotopic (exact) mass is 261 g/mol. The number of likely N-dealkylation sites (tertiary alicyclic amines) is 1. The lowest BCUT2D eigenvalue weighted by Crippen LogP contribution is -2.41. The van der Waals surface area contributed by atoms with Gasteiger partial charge in [0.2, 0.25) is 5.91 Å². The predicted molar refractivity (Wildman–Crippen MR) is 57.3 cm³/mol. The summed E-state index contributed by atoms with van der Waals surface area (Å²) in [6.45, 7) is 1.08. The van der Waals surface area contributed by atoms with Crippen LogP contribution in [0.4, 0.5) is 0 Å². The molecule has 1 amide bonds. The molecule has 2 fully saturated rings. The van der Waals surface area contributed by atoms with Crippen LogP contribution in [0, 0.1) is 5.92 Å². The van der Waals surface area contributed by atoms with Gasteiger partial charge in [0.25, 0.3) is 0 Å². The minimum Gasteiger partial charge on any atom is -0.396 e. The molecule has 14 heavy (non-hydrogen) atoms. The van der Waals surface area contributed by atoms with Gasteiger partial charge in [0.1, 0.15) is 0 Å². The average Bonchev–Trinajstić information content (AvgIpc) is 2.75. The van der Waals surface area contributed by atoms with Crippen LogP contribution in [-0.2, 0) is 4.79 Å². The first-order valence-corrected chi connectivity index (χ1v) is 6.21. The lowest BCUT2D eigenvalue weighted by molar-refractivity contribution is -0.130. The number of alkyl halides is 1. The highest BCUT2D eigenvalue weighted by Gasteiger charge is 2.39. The SMILES string of the molecule is O=C1C(Br)CCN1C1CCCC1CO. The number of carbonyl (C=O) groups excluding carboxylic acids is 1. The zero-order chi connectivity index (χ0) is 10.1. The van der Waals surface area contributed by atoms with E-state index in [1.807, 2.05) is 4.90 Å². The molecule has 0 bridgehead atoms. The summed E-state index contributed by atoms with van der Waals surface area (Å²) < 4.78 is 0. The molecule has 4 heteroatoms. The number of carbonyl (C=O) groups is 1. The first-order valence-electron chi connectivity index (χ1n) is 5.29.